The number of carbonyl (C=O) groups excluding carboxylic acids is 1. The highest BCUT2D eigenvalue weighted by atomic mass is 16.2. The highest BCUT2D eigenvalue weighted by Gasteiger charge is 2.12. The number of carbonyl (C=O) groups is 1. The minimum absolute atomic E-state index is 0.000420. The highest BCUT2D eigenvalue weighted by molar-refractivity contribution is 5.94. The van der Waals surface area contributed by atoms with Crippen LogP contribution in [0.4, 0.5) is 11.5 Å². The van der Waals surface area contributed by atoms with Gasteiger partial charge in [0.1, 0.15) is 5.82 Å². The van der Waals surface area contributed by atoms with E-state index in [0.29, 0.717) is 12.1 Å². The van der Waals surface area contributed by atoms with Crippen LogP contribution in [-0.4, -0.2) is 27.8 Å². The van der Waals surface area contributed by atoms with Gasteiger partial charge in [0, 0.05) is 37.1 Å². The number of nitrogens with one attached hydrogen (secondary N) is 1. The van der Waals surface area contributed by atoms with Crippen molar-refractivity contribution in [3.05, 3.63) is 109 Å². The van der Waals surface area contributed by atoms with Crippen molar-refractivity contribution in [1.82, 2.24) is 14.9 Å². The Morgan fingerprint density at radius 1 is 0.867 bits per heavy atom. The quantitative estimate of drug-likeness (QED) is 0.491. The Hall–Kier alpha value is -3.99. The second-order valence-corrected chi connectivity index (χ2v) is 7.02. The summed E-state index contributed by atoms with van der Waals surface area (Å²) in [5.74, 6) is 0.751. The van der Waals surface area contributed by atoms with Gasteiger partial charge in [-0.1, -0.05) is 42.5 Å². The minimum Gasteiger partial charge on any atom is -0.339 e. The molecule has 4 aromatic rings. The number of pyridine rings is 2. The lowest BCUT2D eigenvalue weighted by Gasteiger charge is -2.17. The second kappa shape index (κ2) is 9.01. The number of hydrogen-bond acceptors (Lipinski definition) is 4. The molecule has 1 amide bonds. The maximum Gasteiger partial charge on any atom is 0.253 e. The van der Waals surface area contributed by atoms with Gasteiger partial charge in [-0.2, -0.15) is 0 Å². The van der Waals surface area contributed by atoms with Gasteiger partial charge in [0.25, 0.3) is 5.91 Å². The summed E-state index contributed by atoms with van der Waals surface area (Å²) in [6.45, 7) is 0.580. The zero-order valence-corrected chi connectivity index (χ0v) is 16.7. The Kier molecular flexibility index (Phi) is 5.80. The molecule has 30 heavy (non-hydrogen) atoms. The van der Waals surface area contributed by atoms with Gasteiger partial charge in [-0.05, 0) is 47.5 Å². The number of anilines is 2. The van der Waals surface area contributed by atoms with Gasteiger partial charge in [-0.15, -0.1) is 0 Å². The van der Waals surface area contributed by atoms with Crippen LogP contribution in [0.1, 0.15) is 15.9 Å². The predicted octanol–water partition coefficient (Wildman–Crippen LogP) is 5.16. The number of hydrogen-bond donors (Lipinski definition) is 1. The van der Waals surface area contributed by atoms with E-state index in [1.54, 1.807) is 17.3 Å². The fourth-order valence-electron chi connectivity index (χ4n) is 3.18. The van der Waals surface area contributed by atoms with Gasteiger partial charge < -0.3 is 10.2 Å². The third-order valence-corrected chi connectivity index (χ3v) is 4.77. The fourth-order valence-corrected chi connectivity index (χ4v) is 3.18. The standard InChI is InChI=1S/C25H22N4O/c1-29(18-19-6-3-2-4-7-19)25(30)21-11-9-20(10-12-21)22-13-14-24(27-16-22)28-23-8-5-15-26-17-23/h2-17H,18H2,1H3,(H,27,28). The Bertz CT molecular complexity index is 1100. The molecule has 5 heteroatoms. The molecule has 148 valence electrons. The third-order valence-electron chi connectivity index (χ3n) is 4.77. The maximum absolute atomic E-state index is 12.7. The van der Waals surface area contributed by atoms with Crippen molar-refractivity contribution in [3.63, 3.8) is 0 Å². The molecule has 0 unspecified atom stereocenters. The average Bonchev–Trinajstić information content (AvgIpc) is 2.80. The summed E-state index contributed by atoms with van der Waals surface area (Å²) in [5.41, 5.74) is 4.66. The molecule has 0 saturated carbocycles. The lowest BCUT2D eigenvalue weighted by Crippen LogP contribution is -2.26. The molecule has 0 aliphatic heterocycles. The Balaban J connectivity index is 1.42. The van der Waals surface area contributed by atoms with Gasteiger partial charge in [-0.3, -0.25) is 9.78 Å². The molecule has 1 N–H and O–H groups in total. The van der Waals surface area contributed by atoms with Crippen LogP contribution in [0, 0.1) is 0 Å². The Morgan fingerprint density at radius 2 is 1.63 bits per heavy atom. The van der Waals surface area contributed by atoms with E-state index in [9.17, 15) is 4.79 Å². The van der Waals surface area contributed by atoms with Gasteiger partial charge >= 0.3 is 0 Å². The van der Waals surface area contributed by atoms with Crippen molar-refractivity contribution in [1.29, 1.82) is 0 Å². The van der Waals surface area contributed by atoms with Gasteiger partial charge in [-0.25, -0.2) is 4.98 Å². The van der Waals surface area contributed by atoms with Crippen LogP contribution in [0.15, 0.2) is 97.5 Å². The van der Waals surface area contributed by atoms with Crippen molar-refractivity contribution in [2.24, 2.45) is 0 Å². The normalized spacial score (nSPS) is 10.4. The molecule has 0 fully saturated rings. The number of amides is 1. The van der Waals surface area contributed by atoms with E-state index < -0.39 is 0 Å². The second-order valence-electron chi connectivity index (χ2n) is 7.02. The topological polar surface area (TPSA) is 58.1 Å². The van der Waals surface area contributed by atoms with E-state index in [1.165, 1.54) is 0 Å². The molecule has 2 aromatic carbocycles. The Labute approximate surface area is 176 Å². The molecule has 0 bridgehead atoms. The first-order chi connectivity index (χ1) is 14.7. The molecule has 4 rings (SSSR count). The van der Waals surface area contributed by atoms with E-state index in [2.05, 4.69) is 15.3 Å². The SMILES string of the molecule is CN(Cc1ccccc1)C(=O)c1ccc(-c2ccc(Nc3cccnc3)nc2)cc1. The minimum atomic E-state index is -0.000420. The number of nitrogens with zero attached hydrogens (tertiary/aromatic N) is 3. The molecule has 0 aliphatic carbocycles. The van der Waals surface area contributed by atoms with Crippen LogP contribution in [0.3, 0.4) is 0 Å². The van der Waals surface area contributed by atoms with E-state index in [-0.39, 0.29) is 5.91 Å². The molecular weight excluding hydrogens is 372 g/mol. The van der Waals surface area contributed by atoms with Crippen molar-refractivity contribution in [2.75, 3.05) is 12.4 Å². The fraction of sp³-hybridized carbons (Fsp3) is 0.0800. The van der Waals surface area contributed by atoms with Crippen molar-refractivity contribution >= 4 is 17.4 Å². The van der Waals surface area contributed by atoms with Crippen molar-refractivity contribution in [3.8, 4) is 11.1 Å². The van der Waals surface area contributed by atoms with Crippen LogP contribution < -0.4 is 5.32 Å². The zero-order valence-electron chi connectivity index (χ0n) is 16.7. The molecule has 2 heterocycles. The molecule has 2 aromatic heterocycles. The van der Waals surface area contributed by atoms with Crippen LogP contribution >= 0.6 is 0 Å². The van der Waals surface area contributed by atoms with E-state index in [4.69, 9.17) is 0 Å². The van der Waals surface area contributed by atoms with Crippen LogP contribution in [0.2, 0.25) is 0 Å². The van der Waals surface area contributed by atoms with Gasteiger partial charge in [0.05, 0.1) is 11.9 Å². The summed E-state index contributed by atoms with van der Waals surface area (Å²) in [6, 6.07) is 25.3. The molecule has 0 saturated heterocycles. The van der Waals surface area contributed by atoms with Crippen molar-refractivity contribution in [2.45, 2.75) is 6.54 Å². The predicted molar refractivity (Wildman–Crippen MR) is 119 cm³/mol. The zero-order chi connectivity index (χ0) is 20.8. The smallest absolute Gasteiger partial charge is 0.253 e. The molecule has 0 aliphatic rings. The number of rotatable bonds is 6. The van der Waals surface area contributed by atoms with Gasteiger partial charge in [0.15, 0.2) is 0 Å². The average molecular weight is 394 g/mol. The van der Waals surface area contributed by atoms with Crippen LogP contribution in [0.25, 0.3) is 11.1 Å². The summed E-state index contributed by atoms with van der Waals surface area (Å²) in [7, 11) is 1.82. The molecule has 5 nitrogen and oxygen atoms in total. The largest absolute Gasteiger partial charge is 0.339 e. The lowest BCUT2D eigenvalue weighted by atomic mass is 10.0. The molecule has 0 spiro atoms. The first kappa shape index (κ1) is 19.3. The molecule has 0 atom stereocenters. The first-order valence-corrected chi connectivity index (χ1v) is 9.72. The first-order valence-electron chi connectivity index (χ1n) is 9.72. The van der Waals surface area contributed by atoms with Crippen LogP contribution in [0.5, 0.6) is 0 Å². The Morgan fingerprint density at radius 3 is 2.30 bits per heavy atom. The molecular formula is C25H22N4O. The maximum atomic E-state index is 12.7. The third kappa shape index (κ3) is 4.70. The number of benzene rings is 2. The summed E-state index contributed by atoms with van der Waals surface area (Å²) in [4.78, 5) is 23.0. The summed E-state index contributed by atoms with van der Waals surface area (Å²) in [6.07, 6.45) is 5.30. The summed E-state index contributed by atoms with van der Waals surface area (Å²) >= 11 is 0. The molecule has 0 radical (unpaired) electrons. The van der Waals surface area contributed by atoms with Crippen LogP contribution in [-0.2, 0) is 6.54 Å². The lowest BCUT2D eigenvalue weighted by molar-refractivity contribution is 0.0785. The van der Waals surface area contributed by atoms with Crippen molar-refractivity contribution < 1.29 is 4.79 Å². The summed E-state index contributed by atoms with van der Waals surface area (Å²) < 4.78 is 0. The number of aromatic nitrogens is 2. The summed E-state index contributed by atoms with van der Waals surface area (Å²) in [5, 5.41) is 3.22. The van der Waals surface area contributed by atoms with Gasteiger partial charge in [0.2, 0.25) is 0 Å². The highest BCUT2D eigenvalue weighted by Crippen LogP contribution is 2.22. The van der Waals surface area contributed by atoms with E-state index in [1.807, 2.05) is 92.1 Å². The van der Waals surface area contributed by atoms with E-state index >= 15 is 0 Å². The van der Waals surface area contributed by atoms with E-state index in [0.717, 1.165) is 28.2 Å². The monoisotopic (exact) mass is 394 g/mol.